The molecule has 0 bridgehead atoms. The van der Waals surface area contributed by atoms with Crippen molar-refractivity contribution in [3.8, 4) is 0 Å². The predicted octanol–water partition coefficient (Wildman–Crippen LogP) is 0.928. The first-order chi connectivity index (χ1) is 9.99. The fourth-order valence-electron chi connectivity index (χ4n) is 1.81. The Morgan fingerprint density at radius 1 is 1.33 bits per heavy atom. The first kappa shape index (κ1) is 16.9. The largest absolute Gasteiger partial charge is 0.478 e. The lowest BCUT2D eigenvalue weighted by molar-refractivity contribution is 0.0697. The Morgan fingerprint density at radius 2 is 1.95 bits per heavy atom. The highest BCUT2D eigenvalue weighted by molar-refractivity contribution is 5.93. The Morgan fingerprint density at radius 3 is 2.43 bits per heavy atom. The zero-order valence-corrected chi connectivity index (χ0v) is 12.1. The SMILES string of the molecule is COCC(C)NC(=O)N(CCO)c1ccc(C(=O)O)cc1. The highest BCUT2D eigenvalue weighted by atomic mass is 16.5. The number of carbonyl (C=O) groups excluding carboxylic acids is 1. The molecule has 0 heterocycles. The van der Waals surface area contributed by atoms with Crippen LogP contribution in [0.25, 0.3) is 0 Å². The summed E-state index contributed by atoms with van der Waals surface area (Å²) in [6, 6.07) is 5.32. The molecule has 0 saturated heterocycles. The quantitative estimate of drug-likeness (QED) is 0.695. The normalized spacial score (nSPS) is 11.8. The van der Waals surface area contributed by atoms with Gasteiger partial charge in [0.25, 0.3) is 0 Å². The van der Waals surface area contributed by atoms with E-state index >= 15 is 0 Å². The van der Waals surface area contributed by atoms with Crippen molar-refractivity contribution in [3.63, 3.8) is 0 Å². The average molecular weight is 296 g/mol. The molecular formula is C14H20N2O5. The molecule has 1 aromatic carbocycles. The van der Waals surface area contributed by atoms with Crippen LogP contribution in [-0.2, 0) is 4.74 Å². The predicted molar refractivity (Wildman–Crippen MR) is 77.7 cm³/mol. The van der Waals surface area contributed by atoms with E-state index in [-0.39, 0.29) is 30.8 Å². The number of amides is 2. The molecule has 1 unspecified atom stereocenters. The molecule has 0 saturated carbocycles. The van der Waals surface area contributed by atoms with Gasteiger partial charge in [-0.3, -0.25) is 4.90 Å². The number of aromatic carboxylic acids is 1. The number of hydrogen-bond acceptors (Lipinski definition) is 4. The van der Waals surface area contributed by atoms with E-state index in [0.717, 1.165) is 0 Å². The molecule has 0 aromatic heterocycles. The van der Waals surface area contributed by atoms with Crippen LogP contribution in [-0.4, -0.2) is 55.1 Å². The molecule has 21 heavy (non-hydrogen) atoms. The summed E-state index contributed by atoms with van der Waals surface area (Å²) in [6.07, 6.45) is 0. The van der Waals surface area contributed by atoms with Gasteiger partial charge in [-0.2, -0.15) is 0 Å². The number of ether oxygens (including phenoxy) is 1. The number of hydrogen-bond donors (Lipinski definition) is 3. The van der Waals surface area contributed by atoms with Crippen LogP contribution in [0.5, 0.6) is 0 Å². The number of urea groups is 1. The Bertz CT molecular complexity index is 475. The maximum atomic E-state index is 12.2. The lowest BCUT2D eigenvalue weighted by Gasteiger charge is -2.24. The second kappa shape index (κ2) is 8.23. The maximum absolute atomic E-state index is 12.2. The van der Waals surface area contributed by atoms with E-state index in [1.54, 1.807) is 14.0 Å². The smallest absolute Gasteiger partial charge is 0.335 e. The number of carboxylic acid groups (broad SMARTS) is 1. The van der Waals surface area contributed by atoms with Crippen molar-refractivity contribution >= 4 is 17.7 Å². The van der Waals surface area contributed by atoms with Crippen molar-refractivity contribution in [2.24, 2.45) is 0 Å². The fourth-order valence-corrected chi connectivity index (χ4v) is 1.81. The molecule has 0 fully saturated rings. The summed E-state index contributed by atoms with van der Waals surface area (Å²) in [4.78, 5) is 24.3. The maximum Gasteiger partial charge on any atom is 0.335 e. The minimum atomic E-state index is -1.03. The number of aliphatic hydroxyl groups excluding tert-OH is 1. The summed E-state index contributed by atoms with van der Waals surface area (Å²) in [7, 11) is 1.54. The standard InChI is InChI=1S/C14H20N2O5/c1-10(9-21-2)15-14(20)16(7-8-17)12-5-3-11(4-6-12)13(18)19/h3-6,10,17H,7-9H2,1-2H3,(H,15,20)(H,18,19). The van der Waals surface area contributed by atoms with Crippen LogP contribution in [0.4, 0.5) is 10.5 Å². The number of nitrogens with one attached hydrogen (secondary N) is 1. The highest BCUT2D eigenvalue weighted by Crippen LogP contribution is 2.15. The molecule has 7 nitrogen and oxygen atoms in total. The van der Waals surface area contributed by atoms with Gasteiger partial charge in [0.15, 0.2) is 0 Å². The molecule has 0 spiro atoms. The number of carboxylic acids is 1. The second-order valence-corrected chi connectivity index (χ2v) is 4.53. The van der Waals surface area contributed by atoms with Gasteiger partial charge in [0.2, 0.25) is 0 Å². The Kier molecular flexibility index (Phi) is 6.64. The number of aliphatic hydroxyl groups is 1. The summed E-state index contributed by atoms with van der Waals surface area (Å²) in [5.74, 6) is -1.03. The highest BCUT2D eigenvalue weighted by Gasteiger charge is 2.17. The lowest BCUT2D eigenvalue weighted by atomic mass is 10.2. The number of benzene rings is 1. The Hall–Kier alpha value is -2.12. The van der Waals surface area contributed by atoms with Crippen molar-refractivity contribution in [3.05, 3.63) is 29.8 Å². The second-order valence-electron chi connectivity index (χ2n) is 4.53. The van der Waals surface area contributed by atoms with E-state index in [2.05, 4.69) is 5.32 Å². The number of anilines is 1. The zero-order chi connectivity index (χ0) is 15.8. The van der Waals surface area contributed by atoms with Crippen LogP contribution in [0, 0.1) is 0 Å². The number of nitrogens with zero attached hydrogens (tertiary/aromatic N) is 1. The topological polar surface area (TPSA) is 99.1 Å². The van der Waals surface area contributed by atoms with E-state index < -0.39 is 5.97 Å². The first-order valence-corrected chi connectivity index (χ1v) is 6.50. The van der Waals surface area contributed by atoms with Crippen molar-refractivity contribution < 1.29 is 24.5 Å². The summed E-state index contributed by atoms with van der Waals surface area (Å²) in [5.41, 5.74) is 0.645. The lowest BCUT2D eigenvalue weighted by Crippen LogP contribution is -2.46. The van der Waals surface area contributed by atoms with E-state index in [1.807, 2.05) is 0 Å². The van der Waals surface area contributed by atoms with Gasteiger partial charge in [-0.05, 0) is 31.2 Å². The van der Waals surface area contributed by atoms with Gasteiger partial charge < -0.3 is 20.3 Å². The Balaban J connectivity index is 2.84. The van der Waals surface area contributed by atoms with Crippen molar-refractivity contribution in [1.82, 2.24) is 5.32 Å². The van der Waals surface area contributed by atoms with Gasteiger partial charge in [-0.25, -0.2) is 9.59 Å². The summed E-state index contributed by atoms with van der Waals surface area (Å²) >= 11 is 0. The number of carbonyl (C=O) groups is 2. The van der Waals surface area contributed by atoms with Gasteiger partial charge in [-0.1, -0.05) is 0 Å². The van der Waals surface area contributed by atoms with Crippen LogP contribution < -0.4 is 10.2 Å². The number of methoxy groups -OCH3 is 1. The molecule has 7 heteroatoms. The van der Waals surface area contributed by atoms with Gasteiger partial charge in [0.1, 0.15) is 0 Å². The van der Waals surface area contributed by atoms with Crippen LogP contribution >= 0.6 is 0 Å². The third-order valence-corrected chi connectivity index (χ3v) is 2.78. The molecule has 0 aliphatic heterocycles. The minimum Gasteiger partial charge on any atom is -0.478 e. The molecule has 0 aliphatic rings. The Labute approximate surface area is 123 Å². The van der Waals surface area contributed by atoms with Crippen molar-refractivity contribution in [1.29, 1.82) is 0 Å². The molecular weight excluding hydrogens is 276 g/mol. The van der Waals surface area contributed by atoms with Crippen molar-refractivity contribution in [2.75, 3.05) is 31.8 Å². The molecule has 0 aliphatic carbocycles. The number of rotatable bonds is 7. The van der Waals surface area contributed by atoms with E-state index in [1.165, 1.54) is 29.2 Å². The molecule has 0 radical (unpaired) electrons. The summed E-state index contributed by atoms with van der Waals surface area (Å²) < 4.78 is 4.94. The van der Waals surface area contributed by atoms with Crippen LogP contribution in [0.3, 0.4) is 0 Å². The summed E-state index contributed by atoms with van der Waals surface area (Å²) in [6.45, 7) is 2.08. The fraction of sp³-hybridized carbons (Fsp3) is 0.429. The van der Waals surface area contributed by atoms with Crippen LogP contribution in [0.1, 0.15) is 17.3 Å². The van der Waals surface area contributed by atoms with Gasteiger partial charge in [-0.15, -0.1) is 0 Å². The van der Waals surface area contributed by atoms with Crippen LogP contribution in [0.15, 0.2) is 24.3 Å². The first-order valence-electron chi connectivity index (χ1n) is 6.50. The van der Waals surface area contributed by atoms with Gasteiger partial charge in [0, 0.05) is 12.8 Å². The molecule has 1 atom stereocenters. The average Bonchev–Trinajstić information content (AvgIpc) is 2.45. The molecule has 116 valence electrons. The van der Waals surface area contributed by atoms with E-state index in [4.69, 9.17) is 14.9 Å². The molecule has 1 rings (SSSR count). The van der Waals surface area contributed by atoms with Crippen molar-refractivity contribution in [2.45, 2.75) is 13.0 Å². The van der Waals surface area contributed by atoms with Gasteiger partial charge >= 0.3 is 12.0 Å². The minimum absolute atomic E-state index is 0.109. The molecule has 1 aromatic rings. The summed E-state index contributed by atoms with van der Waals surface area (Å²) in [5, 5.41) is 20.7. The third kappa shape index (κ3) is 5.05. The molecule has 3 N–H and O–H groups in total. The zero-order valence-electron chi connectivity index (χ0n) is 12.1. The van der Waals surface area contributed by atoms with Gasteiger partial charge in [0.05, 0.1) is 31.4 Å². The molecule has 2 amide bonds. The monoisotopic (exact) mass is 296 g/mol. The van der Waals surface area contributed by atoms with E-state index in [9.17, 15) is 9.59 Å². The van der Waals surface area contributed by atoms with Crippen LogP contribution in [0.2, 0.25) is 0 Å². The third-order valence-electron chi connectivity index (χ3n) is 2.78. The van der Waals surface area contributed by atoms with E-state index in [0.29, 0.717) is 12.3 Å².